The van der Waals surface area contributed by atoms with Gasteiger partial charge in [-0.1, -0.05) is 44.2 Å². The van der Waals surface area contributed by atoms with Crippen molar-refractivity contribution in [2.75, 3.05) is 42.5 Å². The molecule has 1 fully saturated rings. The summed E-state index contributed by atoms with van der Waals surface area (Å²) in [4.78, 5) is 13.6. The van der Waals surface area contributed by atoms with Gasteiger partial charge in [0.1, 0.15) is 11.6 Å². The summed E-state index contributed by atoms with van der Waals surface area (Å²) in [6, 6.07) is 10.7. The highest BCUT2D eigenvalue weighted by molar-refractivity contribution is 5.85. The molecule has 1 aliphatic rings. The highest BCUT2D eigenvalue weighted by Crippen LogP contribution is 2.35. The summed E-state index contributed by atoms with van der Waals surface area (Å²) in [6.07, 6.45) is 2.25. The first-order chi connectivity index (χ1) is 12.1. The van der Waals surface area contributed by atoms with E-state index in [-0.39, 0.29) is 5.95 Å². The topological polar surface area (TPSA) is 84.3 Å². The van der Waals surface area contributed by atoms with Gasteiger partial charge < -0.3 is 21.3 Å². The van der Waals surface area contributed by atoms with Crippen LogP contribution in [0.3, 0.4) is 0 Å². The van der Waals surface area contributed by atoms with E-state index in [1.165, 1.54) is 0 Å². The Kier molecular flexibility index (Phi) is 5.38. The molecule has 3 rings (SSSR count). The summed E-state index contributed by atoms with van der Waals surface area (Å²) >= 11 is 0. The van der Waals surface area contributed by atoms with Gasteiger partial charge in [0, 0.05) is 19.1 Å². The van der Waals surface area contributed by atoms with E-state index < -0.39 is 0 Å². The van der Waals surface area contributed by atoms with Gasteiger partial charge in [0.05, 0.1) is 5.56 Å². The molecule has 0 amide bonds. The largest absolute Gasteiger partial charge is 0.383 e. The van der Waals surface area contributed by atoms with Crippen molar-refractivity contribution in [2.24, 2.45) is 0 Å². The number of nitrogen functional groups attached to an aromatic ring is 2. The van der Waals surface area contributed by atoms with Gasteiger partial charge in [-0.3, -0.25) is 0 Å². The molecule has 1 saturated heterocycles. The molecule has 1 aromatic heterocycles. The van der Waals surface area contributed by atoms with Crippen molar-refractivity contribution in [1.29, 1.82) is 0 Å². The summed E-state index contributed by atoms with van der Waals surface area (Å²) in [5.74, 6) is 1.53. The fourth-order valence-corrected chi connectivity index (χ4v) is 3.78. The van der Waals surface area contributed by atoms with E-state index in [0.717, 1.165) is 56.0 Å². The standard InChI is InChI=1S/C19H28N6/c1-3-24(4-2)15-10-12-25(13-11-15)18-16(14-8-6-5-7-9-14)17(20)22-19(21)23-18/h5-9,15H,3-4,10-13H2,1-2H3,(H4,20,21,22,23). The maximum absolute atomic E-state index is 6.21. The second-order valence-electron chi connectivity index (χ2n) is 6.47. The molecule has 6 nitrogen and oxygen atoms in total. The number of aromatic nitrogens is 2. The molecule has 0 saturated carbocycles. The Balaban J connectivity index is 1.88. The van der Waals surface area contributed by atoms with Crippen LogP contribution in [0, 0.1) is 0 Å². The summed E-state index contributed by atoms with van der Waals surface area (Å²) < 4.78 is 0. The van der Waals surface area contributed by atoms with Gasteiger partial charge in [-0.2, -0.15) is 9.97 Å². The molecule has 134 valence electrons. The quantitative estimate of drug-likeness (QED) is 0.870. The lowest BCUT2D eigenvalue weighted by molar-refractivity contribution is 0.186. The predicted molar refractivity (Wildman–Crippen MR) is 104 cm³/mol. The molecule has 0 aliphatic carbocycles. The van der Waals surface area contributed by atoms with Crippen LogP contribution in [0.1, 0.15) is 26.7 Å². The number of rotatable bonds is 5. The van der Waals surface area contributed by atoms with Gasteiger partial charge in [0.2, 0.25) is 5.95 Å². The Morgan fingerprint density at radius 2 is 1.68 bits per heavy atom. The third-order valence-electron chi connectivity index (χ3n) is 5.09. The zero-order chi connectivity index (χ0) is 17.8. The van der Waals surface area contributed by atoms with E-state index in [1.807, 2.05) is 30.3 Å². The van der Waals surface area contributed by atoms with Gasteiger partial charge in [0.15, 0.2) is 0 Å². The van der Waals surface area contributed by atoms with Gasteiger partial charge in [-0.15, -0.1) is 0 Å². The Hall–Kier alpha value is -2.34. The van der Waals surface area contributed by atoms with Crippen LogP contribution in [0.25, 0.3) is 11.1 Å². The number of nitrogens with zero attached hydrogens (tertiary/aromatic N) is 4. The van der Waals surface area contributed by atoms with Crippen LogP contribution in [0.2, 0.25) is 0 Å². The Bertz CT molecular complexity index is 691. The molecule has 0 unspecified atom stereocenters. The van der Waals surface area contributed by atoms with Crippen molar-refractivity contribution in [3.8, 4) is 11.1 Å². The molecule has 0 atom stereocenters. The van der Waals surface area contributed by atoms with E-state index in [4.69, 9.17) is 11.5 Å². The first kappa shape index (κ1) is 17.5. The molecule has 0 bridgehead atoms. The molecule has 2 aromatic rings. The van der Waals surface area contributed by atoms with Gasteiger partial charge in [-0.05, 0) is 31.5 Å². The number of nitrogens with two attached hydrogens (primary N) is 2. The number of benzene rings is 1. The minimum absolute atomic E-state index is 0.234. The molecule has 0 radical (unpaired) electrons. The molecule has 6 heteroatoms. The molecular weight excluding hydrogens is 312 g/mol. The van der Waals surface area contributed by atoms with E-state index >= 15 is 0 Å². The van der Waals surface area contributed by atoms with Crippen LogP contribution in [0.5, 0.6) is 0 Å². The van der Waals surface area contributed by atoms with E-state index in [0.29, 0.717) is 11.9 Å². The normalized spacial score (nSPS) is 15.7. The SMILES string of the molecule is CCN(CC)C1CCN(c2nc(N)nc(N)c2-c2ccccc2)CC1. The molecule has 2 heterocycles. The average molecular weight is 340 g/mol. The zero-order valence-corrected chi connectivity index (χ0v) is 15.2. The molecule has 1 aliphatic heterocycles. The maximum atomic E-state index is 6.21. The van der Waals surface area contributed by atoms with Crippen LogP contribution in [-0.4, -0.2) is 47.1 Å². The monoisotopic (exact) mass is 340 g/mol. The first-order valence-corrected chi connectivity index (χ1v) is 9.11. The lowest BCUT2D eigenvalue weighted by Gasteiger charge is -2.38. The fourth-order valence-electron chi connectivity index (χ4n) is 3.78. The van der Waals surface area contributed by atoms with Crippen molar-refractivity contribution in [3.63, 3.8) is 0 Å². The molecular formula is C19H28N6. The Morgan fingerprint density at radius 1 is 1.04 bits per heavy atom. The summed E-state index contributed by atoms with van der Waals surface area (Å²) in [5.41, 5.74) is 14.0. The Morgan fingerprint density at radius 3 is 2.28 bits per heavy atom. The van der Waals surface area contributed by atoms with Crippen molar-refractivity contribution < 1.29 is 0 Å². The van der Waals surface area contributed by atoms with Crippen LogP contribution in [0.4, 0.5) is 17.6 Å². The van der Waals surface area contributed by atoms with E-state index in [2.05, 4.69) is 33.6 Å². The average Bonchev–Trinajstić information content (AvgIpc) is 2.63. The van der Waals surface area contributed by atoms with Crippen LogP contribution in [0.15, 0.2) is 30.3 Å². The van der Waals surface area contributed by atoms with Gasteiger partial charge in [0.25, 0.3) is 0 Å². The predicted octanol–water partition coefficient (Wildman–Crippen LogP) is 2.62. The lowest BCUT2D eigenvalue weighted by atomic mass is 10.0. The number of piperidine rings is 1. The summed E-state index contributed by atoms with van der Waals surface area (Å²) in [5, 5.41) is 0. The van der Waals surface area contributed by atoms with E-state index in [9.17, 15) is 0 Å². The number of hydrogen-bond acceptors (Lipinski definition) is 6. The van der Waals surface area contributed by atoms with E-state index in [1.54, 1.807) is 0 Å². The van der Waals surface area contributed by atoms with Crippen molar-refractivity contribution in [2.45, 2.75) is 32.7 Å². The molecule has 1 aromatic carbocycles. The first-order valence-electron chi connectivity index (χ1n) is 9.11. The second-order valence-corrected chi connectivity index (χ2v) is 6.47. The second kappa shape index (κ2) is 7.70. The third-order valence-corrected chi connectivity index (χ3v) is 5.09. The molecule has 25 heavy (non-hydrogen) atoms. The third kappa shape index (κ3) is 3.69. The summed E-state index contributed by atoms with van der Waals surface area (Å²) in [7, 11) is 0. The van der Waals surface area contributed by atoms with Crippen LogP contribution < -0.4 is 16.4 Å². The highest BCUT2D eigenvalue weighted by atomic mass is 15.2. The fraction of sp³-hybridized carbons (Fsp3) is 0.474. The highest BCUT2D eigenvalue weighted by Gasteiger charge is 2.26. The number of hydrogen-bond donors (Lipinski definition) is 2. The van der Waals surface area contributed by atoms with Gasteiger partial charge >= 0.3 is 0 Å². The minimum Gasteiger partial charge on any atom is -0.383 e. The van der Waals surface area contributed by atoms with Crippen molar-refractivity contribution in [1.82, 2.24) is 14.9 Å². The zero-order valence-electron chi connectivity index (χ0n) is 15.2. The molecule has 4 N–H and O–H groups in total. The van der Waals surface area contributed by atoms with Crippen LogP contribution >= 0.6 is 0 Å². The van der Waals surface area contributed by atoms with Gasteiger partial charge in [-0.25, -0.2) is 0 Å². The van der Waals surface area contributed by atoms with Crippen molar-refractivity contribution in [3.05, 3.63) is 30.3 Å². The van der Waals surface area contributed by atoms with Crippen molar-refractivity contribution >= 4 is 17.6 Å². The lowest BCUT2D eigenvalue weighted by Crippen LogP contribution is -2.45. The maximum Gasteiger partial charge on any atom is 0.223 e. The Labute approximate surface area is 149 Å². The van der Waals surface area contributed by atoms with Crippen LogP contribution in [-0.2, 0) is 0 Å². The molecule has 0 spiro atoms. The number of anilines is 3. The minimum atomic E-state index is 0.234. The summed E-state index contributed by atoms with van der Waals surface area (Å²) in [6.45, 7) is 8.58. The smallest absolute Gasteiger partial charge is 0.223 e.